The lowest BCUT2D eigenvalue weighted by molar-refractivity contribution is -0.134. The van der Waals surface area contributed by atoms with Crippen LogP contribution in [0.1, 0.15) is 68.3 Å². The molecule has 2 aliphatic rings. The van der Waals surface area contributed by atoms with Gasteiger partial charge in [0.25, 0.3) is 0 Å². The summed E-state index contributed by atoms with van der Waals surface area (Å²) in [4.78, 5) is 19.2. The van der Waals surface area contributed by atoms with Gasteiger partial charge in [0.2, 0.25) is 11.8 Å². The quantitative estimate of drug-likeness (QED) is 0.778. The summed E-state index contributed by atoms with van der Waals surface area (Å²) in [6.07, 6.45) is 9.43. The van der Waals surface area contributed by atoms with Gasteiger partial charge < -0.3 is 13.8 Å². The first-order valence-corrected chi connectivity index (χ1v) is 8.94. The van der Waals surface area contributed by atoms with Gasteiger partial charge in [0.1, 0.15) is 5.76 Å². The Bertz CT molecular complexity index is 670. The van der Waals surface area contributed by atoms with E-state index >= 15 is 0 Å². The van der Waals surface area contributed by atoms with E-state index in [-0.39, 0.29) is 5.91 Å². The van der Waals surface area contributed by atoms with E-state index in [4.69, 9.17) is 8.94 Å². The van der Waals surface area contributed by atoms with Gasteiger partial charge in [0.15, 0.2) is 5.82 Å². The molecule has 2 aliphatic carbocycles. The molecule has 0 N–H and O–H groups in total. The third kappa shape index (κ3) is 3.52. The van der Waals surface area contributed by atoms with Gasteiger partial charge in [0.05, 0.1) is 12.8 Å². The summed E-state index contributed by atoms with van der Waals surface area (Å²) in [7, 11) is 0. The van der Waals surface area contributed by atoms with Gasteiger partial charge in [-0.2, -0.15) is 4.98 Å². The molecule has 6 heteroatoms. The van der Waals surface area contributed by atoms with E-state index in [0.29, 0.717) is 37.2 Å². The molecule has 0 bridgehead atoms. The Balaban J connectivity index is 1.38. The second-order valence-corrected chi connectivity index (χ2v) is 6.86. The van der Waals surface area contributed by atoms with E-state index in [0.717, 1.165) is 37.3 Å². The highest BCUT2D eigenvalue weighted by atomic mass is 16.5. The molecular formula is C18H23N3O3. The van der Waals surface area contributed by atoms with Crippen molar-refractivity contribution in [1.29, 1.82) is 0 Å². The summed E-state index contributed by atoms with van der Waals surface area (Å²) in [5, 5.41) is 4.01. The largest absolute Gasteiger partial charge is 0.467 e. The van der Waals surface area contributed by atoms with Crippen LogP contribution in [0.2, 0.25) is 0 Å². The highest BCUT2D eigenvalue weighted by Gasteiger charge is 2.30. The van der Waals surface area contributed by atoms with E-state index in [1.54, 1.807) is 6.26 Å². The van der Waals surface area contributed by atoms with Crippen molar-refractivity contribution < 1.29 is 13.7 Å². The lowest BCUT2D eigenvalue weighted by Crippen LogP contribution is -2.38. The fourth-order valence-corrected chi connectivity index (χ4v) is 3.44. The summed E-state index contributed by atoms with van der Waals surface area (Å²) in [6, 6.07) is 4.12. The summed E-state index contributed by atoms with van der Waals surface area (Å²) in [5.74, 6) is 2.84. The van der Waals surface area contributed by atoms with Crippen LogP contribution in [0.3, 0.4) is 0 Å². The SMILES string of the molecule is O=C(CCc1nc(C2CC2)no1)N(Cc1ccco1)C1CCCC1. The average molecular weight is 329 g/mol. The Morgan fingerprint density at radius 3 is 2.79 bits per heavy atom. The number of rotatable bonds is 7. The number of carbonyl (C=O) groups excluding carboxylic acids is 1. The molecule has 4 rings (SSSR count). The topological polar surface area (TPSA) is 72.4 Å². The Morgan fingerprint density at radius 1 is 1.25 bits per heavy atom. The molecule has 0 unspecified atom stereocenters. The Labute approximate surface area is 141 Å². The van der Waals surface area contributed by atoms with E-state index in [1.165, 1.54) is 12.8 Å². The second-order valence-electron chi connectivity index (χ2n) is 6.86. The minimum Gasteiger partial charge on any atom is -0.467 e. The maximum absolute atomic E-state index is 12.8. The first kappa shape index (κ1) is 15.4. The van der Waals surface area contributed by atoms with Crippen molar-refractivity contribution in [3.8, 4) is 0 Å². The summed E-state index contributed by atoms with van der Waals surface area (Å²) in [6.45, 7) is 0.549. The molecule has 0 atom stereocenters. The Hall–Kier alpha value is -2.11. The molecule has 2 aromatic heterocycles. The van der Waals surface area contributed by atoms with Gasteiger partial charge in [0, 0.05) is 24.8 Å². The minimum absolute atomic E-state index is 0.143. The molecule has 0 spiro atoms. The van der Waals surface area contributed by atoms with Crippen molar-refractivity contribution in [2.45, 2.75) is 69.9 Å². The molecule has 2 fully saturated rings. The molecule has 1 amide bonds. The zero-order chi connectivity index (χ0) is 16.4. The monoisotopic (exact) mass is 329 g/mol. The normalized spacial score (nSPS) is 18.2. The van der Waals surface area contributed by atoms with Gasteiger partial charge in [-0.15, -0.1) is 0 Å². The van der Waals surface area contributed by atoms with Crippen LogP contribution >= 0.6 is 0 Å². The summed E-state index contributed by atoms with van der Waals surface area (Å²) >= 11 is 0. The molecule has 24 heavy (non-hydrogen) atoms. The first-order valence-electron chi connectivity index (χ1n) is 8.94. The predicted molar refractivity (Wildman–Crippen MR) is 86.1 cm³/mol. The van der Waals surface area contributed by atoms with Crippen LogP contribution < -0.4 is 0 Å². The second kappa shape index (κ2) is 6.79. The fraction of sp³-hybridized carbons (Fsp3) is 0.611. The van der Waals surface area contributed by atoms with Crippen LogP contribution in [0.4, 0.5) is 0 Å². The zero-order valence-electron chi connectivity index (χ0n) is 13.8. The van der Waals surface area contributed by atoms with Crippen LogP contribution in [-0.2, 0) is 17.8 Å². The molecule has 128 valence electrons. The van der Waals surface area contributed by atoms with Gasteiger partial charge in [-0.1, -0.05) is 18.0 Å². The zero-order valence-corrected chi connectivity index (χ0v) is 13.8. The highest BCUT2D eigenvalue weighted by molar-refractivity contribution is 5.76. The summed E-state index contributed by atoms with van der Waals surface area (Å²) < 4.78 is 10.7. The van der Waals surface area contributed by atoms with E-state index < -0.39 is 0 Å². The predicted octanol–water partition coefficient (Wildman–Crippen LogP) is 3.44. The maximum Gasteiger partial charge on any atom is 0.227 e. The number of carbonyl (C=O) groups is 1. The number of nitrogens with zero attached hydrogens (tertiary/aromatic N) is 3. The van der Waals surface area contributed by atoms with Crippen molar-refractivity contribution >= 4 is 5.91 Å². The lowest BCUT2D eigenvalue weighted by atomic mass is 10.1. The highest BCUT2D eigenvalue weighted by Crippen LogP contribution is 2.38. The van der Waals surface area contributed by atoms with Crippen molar-refractivity contribution in [1.82, 2.24) is 15.0 Å². The molecule has 0 aromatic carbocycles. The van der Waals surface area contributed by atoms with Crippen molar-refractivity contribution in [2.24, 2.45) is 0 Å². The number of amides is 1. The molecule has 0 saturated heterocycles. The fourth-order valence-electron chi connectivity index (χ4n) is 3.44. The van der Waals surface area contributed by atoms with E-state index in [9.17, 15) is 4.79 Å². The first-order chi connectivity index (χ1) is 11.8. The average Bonchev–Trinajstić information content (AvgIpc) is 3.06. The van der Waals surface area contributed by atoms with Crippen molar-refractivity contribution in [3.63, 3.8) is 0 Å². The van der Waals surface area contributed by atoms with Crippen molar-refractivity contribution in [2.75, 3.05) is 0 Å². The Kier molecular flexibility index (Phi) is 4.36. The number of aromatic nitrogens is 2. The number of furan rings is 1. The lowest BCUT2D eigenvalue weighted by Gasteiger charge is -2.28. The molecule has 2 aromatic rings. The van der Waals surface area contributed by atoms with Gasteiger partial charge in [-0.3, -0.25) is 4.79 Å². The van der Waals surface area contributed by atoms with Gasteiger partial charge in [-0.25, -0.2) is 0 Å². The smallest absolute Gasteiger partial charge is 0.227 e. The van der Waals surface area contributed by atoms with E-state index in [1.807, 2.05) is 17.0 Å². The van der Waals surface area contributed by atoms with Crippen LogP contribution in [0.15, 0.2) is 27.3 Å². The van der Waals surface area contributed by atoms with Crippen molar-refractivity contribution in [3.05, 3.63) is 35.9 Å². The third-order valence-electron chi connectivity index (χ3n) is 4.97. The van der Waals surface area contributed by atoms with Crippen LogP contribution in [0.25, 0.3) is 0 Å². The van der Waals surface area contributed by atoms with Gasteiger partial charge >= 0.3 is 0 Å². The Morgan fingerprint density at radius 2 is 2.08 bits per heavy atom. The van der Waals surface area contributed by atoms with Crippen LogP contribution in [-0.4, -0.2) is 27.0 Å². The molecule has 0 radical (unpaired) electrons. The maximum atomic E-state index is 12.8. The number of hydrogen-bond acceptors (Lipinski definition) is 5. The molecule has 2 heterocycles. The molecular weight excluding hydrogens is 306 g/mol. The van der Waals surface area contributed by atoms with Crippen LogP contribution in [0.5, 0.6) is 0 Å². The summed E-state index contributed by atoms with van der Waals surface area (Å²) in [5.41, 5.74) is 0. The van der Waals surface area contributed by atoms with Gasteiger partial charge in [-0.05, 0) is 37.8 Å². The standard InChI is InChI=1S/C18H23N3O3/c22-17(10-9-16-19-18(20-24-16)13-7-8-13)21(14-4-1-2-5-14)12-15-6-3-11-23-15/h3,6,11,13-14H,1-2,4-5,7-10,12H2. The minimum atomic E-state index is 0.143. The molecule has 6 nitrogen and oxygen atoms in total. The van der Waals surface area contributed by atoms with E-state index in [2.05, 4.69) is 10.1 Å². The molecule has 2 saturated carbocycles. The number of hydrogen-bond donors (Lipinski definition) is 0. The number of aryl methyl sites for hydroxylation is 1. The molecule has 0 aliphatic heterocycles. The third-order valence-corrected chi connectivity index (χ3v) is 4.97. The van der Waals surface area contributed by atoms with Crippen LogP contribution in [0, 0.1) is 0 Å².